The fraction of sp³-hybridized carbons (Fsp3) is 0.556. The van der Waals surface area contributed by atoms with Crippen molar-refractivity contribution in [2.75, 3.05) is 7.11 Å². The average molecular weight is 259 g/mol. The van der Waals surface area contributed by atoms with Crippen LogP contribution in [0.1, 0.15) is 24.5 Å². The Morgan fingerprint density at radius 1 is 1.79 bits per heavy atom. The summed E-state index contributed by atoms with van der Waals surface area (Å²) in [5, 5.41) is 0. The minimum absolute atomic E-state index is 0.161. The van der Waals surface area contributed by atoms with Gasteiger partial charge in [-0.2, -0.15) is 0 Å². The number of aryl methyl sites for hydroxylation is 1. The van der Waals surface area contributed by atoms with Crippen molar-refractivity contribution in [3.8, 4) is 0 Å². The van der Waals surface area contributed by atoms with Crippen LogP contribution in [-0.2, 0) is 16.1 Å². The van der Waals surface area contributed by atoms with E-state index >= 15 is 0 Å². The van der Waals surface area contributed by atoms with Crippen LogP contribution in [0.5, 0.6) is 0 Å². The summed E-state index contributed by atoms with van der Waals surface area (Å²) < 4.78 is 7.54. The van der Waals surface area contributed by atoms with E-state index in [1.54, 1.807) is 6.33 Å². The highest BCUT2D eigenvalue weighted by Crippen LogP contribution is 2.32. The summed E-state index contributed by atoms with van der Waals surface area (Å²) in [6.45, 7) is 0.932. The molecule has 2 heterocycles. The molecular weight excluding hydrogens is 248 g/mol. The molecule has 76 valence electrons. The lowest BCUT2D eigenvalue weighted by atomic mass is 9.97. The Morgan fingerprint density at radius 2 is 2.57 bits per heavy atom. The van der Waals surface area contributed by atoms with Gasteiger partial charge in [-0.3, -0.25) is 4.79 Å². The van der Waals surface area contributed by atoms with Crippen LogP contribution >= 0.6 is 15.9 Å². The zero-order valence-electron chi connectivity index (χ0n) is 7.86. The second-order valence-corrected chi connectivity index (χ2v) is 4.08. The Labute approximate surface area is 90.4 Å². The summed E-state index contributed by atoms with van der Waals surface area (Å²) in [5.41, 5.74) is 0.947. The molecule has 1 aromatic rings. The molecule has 4 nitrogen and oxygen atoms in total. The highest BCUT2D eigenvalue weighted by molar-refractivity contribution is 9.10. The van der Waals surface area contributed by atoms with Crippen molar-refractivity contribution in [2.24, 2.45) is 0 Å². The molecule has 0 aliphatic carbocycles. The average Bonchev–Trinajstić information content (AvgIpc) is 2.59. The van der Waals surface area contributed by atoms with Gasteiger partial charge in [0.05, 0.1) is 25.0 Å². The molecule has 0 amide bonds. The van der Waals surface area contributed by atoms with Gasteiger partial charge in [-0.05, 0) is 28.8 Å². The first-order chi connectivity index (χ1) is 6.74. The minimum Gasteiger partial charge on any atom is -0.469 e. The molecule has 0 radical (unpaired) electrons. The van der Waals surface area contributed by atoms with Crippen LogP contribution in [0, 0.1) is 0 Å². The van der Waals surface area contributed by atoms with Crippen molar-refractivity contribution < 1.29 is 9.53 Å². The van der Waals surface area contributed by atoms with Gasteiger partial charge >= 0.3 is 5.97 Å². The summed E-state index contributed by atoms with van der Waals surface area (Å²) in [4.78, 5) is 15.6. The number of rotatable bonds is 1. The summed E-state index contributed by atoms with van der Waals surface area (Å²) in [5.74, 6) is -0.335. The van der Waals surface area contributed by atoms with Gasteiger partial charge in [0, 0.05) is 6.54 Å². The van der Waals surface area contributed by atoms with Crippen molar-refractivity contribution >= 4 is 21.9 Å². The molecule has 0 N–H and O–H groups in total. The van der Waals surface area contributed by atoms with E-state index in [0.717, 1.165) is 29.7 Å². The van der Waals surface area contributed by atoms with Gasteiger partial charge in [0.1, 0.15) is 4.60 Å². The molecule has 1 atom stereocenters. The summed E-state index contributed by atoms with van der Waals surface area (Å²) in [7, 11) is 1.42. The summed E-state index contributed by atoms with van der Waals surface area (Å²) in [6, 6.07) is 0. The van der Waals surface area contributed by atoms with Crippen LogP contribution in [0.2, 0.25) is 0 Å². The number of fused-ring (bicyclic) bond motifs is 1. The molecule has 14 heavy (non-hydrogen) atoms. The van der Waals surface area contributed by atoms with E-state index in [1.807, 2.05) is 4.57 Å². The number of halogens is 1. The number of esters is 1. The fourth-order valence-electron chi connectivity index (χ4n) is 1.86. The van der Waals surface area contributed by atoms with E-state index in [-0.39, 0.29) is 11.9 Å². The molecule has 2 rings (SSSR count). The van der Waals surface area contributed by atoms with E-state index in [1.165, 1.54) is 7.11 Å². The molecule has 1 aromatic heterocycles. The fourth-order valence-corrected chi connectivity index (χ4v) is 2.46. The first kappa shape index (κ1) is 9.71. The van der Waals surface area contributed by atoms with Crippen molar-refractivity contribution in [1.82, 2.24) is 9.55 Å². The van der Waals surface area contributed by atoms with E-state index in [0.29, 0.717) is 0 Å². The third-order valence-corrected chi connectivity index (χ3v) is 3.15. The van der Waals surface area contributed by atoms with Gasteiger partial charge in [0.25, 0.3) is 0 Å². The van der Waals surface area contributed by atoms with Crippen LogP contribution in [0.25, 0.3) is 0 Å². The van der Waals surface area contributed by atoms with Gasteiger partial charge < -0.3 is 9.30 Å². The largest absolute Gasteiger partial charge is 0.469 e. The number of aromatic nitrogens is 2. The minimum atomic E-state index is -0.174. The highest BCUT2D eigenvalue weighted by Gasteiger charge is 2.30. The number of nitrogens with zero attached hydrogens (tertiary/aromatic N) is 2. The highest BCUT2D eigenvalue weighted by atomic mass is 79.9. The standard InChI is InChI=1S/C9H11BrN2O2/c1-14-9(13)6-3-2-4-12-5-11-8(10)7(6)12/h5-6H,2-4H2,1H3. The molecule has 0 spiro atoms. The molecule has 0 fully saturated rings. The quantitative estimate of drug-likeness (QED) is 0.721. The summed E-state index contributed by atoms with van der Waals surface area (Å²) in [6.07, 6.45) is 3.60. The maximum absolute atomic E-state index is 11.5. The number of imidazole rings is 1. The number of hydrogen-bond acceptors (Lipinski definition) is 3. The van der Waals surface area contributed by atoms with Crippen molar-refractivity contribution in [1.29, 1.82) is 0 Å². The monoisotopic (exact) mass is 258 g/mol. The van der Waals surface area contributed by atoms with E-state index in [4.69, 9.17) is 4.74 Å². The molecule has 0 bridgehead atoms. The van der Waals surface area contributed by atoms with Gasteiger partial charge in [0.15, 0.2) is 0 Å². The number of hydrogen-bond donors (Lipinski definition) is 0. The predicted octanol–water partition coefficient (Wildman–Crippen LogP) is 1.70. The SMILES string of the molecule is COC(=O)C1CCCn2cnc(Br)c21. The maximum atomic E-state index is 11.5. The number of ether oxygens (including phenoxy) is 1. The molecule has 0 saturated heterocycles. The molecule has 1 aliphatic rings. The second kappa shape index (κ2) is 3.73. The smallest absolute Gasteiger partial charge is 0.314 e. The Kier molecular flexibility index (Phi) is 2.58. The Hall–Kier alpha value is -0.840. The number of methoxy groups -OCH3 is 1. The van der Waals surface area contributed by atoms with Crippen LogP contribution in [0.4, 0.5) is 0 Å². The lowest BCUT2D eigenvalue weighted by Crippen LogP contribution is -2.22. The first-order valence-electron chi connectivity index (χ1n) is 4.52. The maximum Gasteiger partial charge on any atom is 0.314 e. The molecule has 0 aromatic carbocycles. The Morgan fingerprint density at radius 3 is 3.29 bits per heavy atom. The van der Waals surface area contributed by atoms with Gasteiger partial charge in [0.2, 0.25) is 0 Å². The normalized spacial score (nSPS) is 20.3. The molecular formula is C9H11BrN2O2. The lowest BCUT2D eigenvalue weighted by molar-refractivity contribution is -0.143. The zero-order valence-corrected chi connectivity index (χ0v) is 9.45. The lowest BCUT2D eigenvalue weighted by Gasteiger charge is -2.22. The van der Waals surface area contributed by atoms with Gasteiger partial charge in [-0.25, -0.2) is 4.98 Å². The van der Waals surface area contributed by atoms with E-state index < -0.39 is 0 Å². The van der Waals surface area contributed by atoms with Crippen molar-refractivity contribution in [3.63, 3.8) is 0 Å². The van der Waals surface area contributed by atoms with Gasteiger partial charge in [-0.1, -0.05) is 0 Å². The van der Waals surface area contributed by atoms with Crippen molar-refractivity contribution in [3.05, 3.63) is 16.6 Å². The second-order valence-electron chi connectivity index (χ2n) is 3.33. The number of carbonyl (C=O) groups excluding carboxylic acids is 1. The number of carbonyl (C=O) groups is 1. The Bertz CT molecular complexity index is 362. The van der Waals surface area contributed by atoms with Crippen LogP contribution in [0.15, 0.2) is 10.9 Å². The molecule has 0 saturated carbocycles. The first-order valence-corrected chi connectivity index (χ1v) is 5.31. The summed E-state index contributed by atoms with van der Waals surface area (Å²) >= 11 is 3.35. The van der Waals surface area contributed by atoms with Crippen LogP contribution < -0.4 is 0 Å². The van der Waals surface area contributed by atoms with Gasteiger partial charge in [-0.15, -0.1) is 0 Å². The third-order valence-electron chi connectivity index (χ3n) is 2.54. The topological polar surface area (TPSA) is 44.1 Å². The van der Waals surface area contributed by atoms with E-state index in [2.05, 4.69) is 20.9 Å². The predicted molar refractivity (Wildman–Crippen MR) is 53.9 cm³/mol. The van der Waals surface area contributed by atoms with E-state index in [9.17, 15) is 4.79 Å². The molecule has 1 unspecified atom stereocenters. The molecule has 5 heteroatoms. The third kappa shape index (κ3) is 1.45. The Balaban J connectivity index is 2.38. The molecule has 1 aliphatic heterocycles. The van der Waals surface area contributed by atoms with Crippen molar-refractivity contribution in [2.45, 2.75) is 25.3 Å². The zero-order chi connectivity index (χ0) is 10.1. The van der Waals surface area contributed by atoms with Crippen LogP contribution in [0.3, 0.4) is 0 Å². The van der Waals surface area contributed by atoms with Crippen LogP contribution in [-0.4, -0.2) is 22.6 Å².